The molecule has 0 amide bonds. The molecule has 0 spiro atoms. The predicted octanol–water partition coefficient (Wildman–Crippen LogP) is 3.05. The van der Waals surface area contributed by atoms with Crippen molar-refractivity contribution in [1.29, 1.82) is 0 Å². The Kier molecular flexibility index (Phi) is 5.74. The Morgan fingerprint density at radius 2 is 2.14 bits per heavy atom. The number of benzene rings is 2. The summed E-state index contributed by atoms with van der Waals surface area (Å²) in [6.07, 6.45) is 2.64. The van der Waals surface area contributed by atoms with Gasteiger partial charge in [0, 0.05) is 38.2 Å². The van der Waals surface area contributed by atoms with Crippen molar-refractivity contribution >= 4 is 5.96 Å². The molecule has 1 aromatic heterocycles. The number of methoxy groups -OCH3 is 1. The Bertz CT molecular complexity index is 952. The Labute approximate surface area is 170 Å². The number of hydrogen-bond donors (Lipinski definition) is 2. The molecule has 1 atom stereocenters. The van der Waals surface area contributed by atoms with Crippen molar-refractivity contribution < 1.29 is 4.74 Å². The van der Waals surface area contributed by atoms with E-state index in [9.17, 15) is 0 Å². The topological polar surface area (TPSA) is 78.4 Å². The molecule has 2 N–H and O–H groups in total. The maximum Gasteiger partial charge on any atom is 0.193 e. The van der Waals surface area contributed by atoms with E-state index >= 15 is 0 Å². The van der Waals surface area contributed by atoms with E-state index in [2.05, 4.69) is 54.7 Å². The summed E-state index contributed by atoms with van der Waals surface area (Å²) in [6.45, 7) is 2.66. The molecule has 29 heavy (non-hydrogen) atoms. The zero-order chi connectivity index (χ0) is 20.1. The number of nitrogens with zero attached hydrogens (tertiary/aromatic N) is 4. The number of nitrogens with one attached hydrogen (secondary N) is 2. The molecule has 2 aromatic carbocycles. The van der Waals surface area contributed by atoms with Gasteiger partial charge in [-0.3, -0.25) is 10.1 Å². The molecule has 3 aromatic rings. The molecule has 0 aliphatic carbocycles. The normalized spacial score (nSPS) is 16.8. The summed E-state index contributed by atoms with van der Waals surface area (Å²) >= 11 is 0. The lowest BCUT2D eigenvalue weighted by Crippen LogP contribution is -2.39. The maximum atomic E-state index is 5.27. The van der Waals surface area contributed by atoms with Gasteiger partial charge in [0.25, 0.3) is 0 Å². The molecule has 4 rings (SSSR count). The van der Waals surface area contributed by atoms with Gasteiger partial charge in [-0.15, -0.1) is 0 Å². The molecule has 1 aliphatic heterocycles. The van der Waals surface area contributed by atoms with E-state index in [-0.39, 0.29) is 0 Å². The fourth-order valence-corrected chi connectivity index (χ4v) is 3.79. The summed E-state index contributed by atoms with van der Waals surface area (Å²) in [5.41, 5.74) is 3.55. The molecule has 0 saturated carbocycles. The molecule has 1 aliphatic rings. The number of rotatable bonds is 5. The van der Waals surface area contributed by atoms with Crippen LogP contribution in [0.25, 0.3) is 11.4 Å². The molecule has 2 heterocycles. The fourth-order valence-electron chi connectivity index (χ4n) is 3.79. The van der Waals surface area contributed by atoms with Crippen LogP contribution in [0.1, 0.15) is 23.5 Å². The lowest BCUT2D eigenvalue weighted by atomic mass is 9.98. The van der Waals surface area contributed by atoms with Crippen LogP contribution in [0.3, 0.4) is 0 Å². The van der Waals surface area contributed by atoms with Gasteiger partial charge in [-0.1, -0.05) is 30.3 Å². The average molecular weight is 390 g/mol. The third-order valence-electron chi connectivity index (χ3n) is 5.35. The van der Waals surface area contributed by atoms with Crippen LogP contribution >= 0.6 is 0 Å². The van der Waals surface area contributed by atoms with Crippen molar-refractivity contribution in [2.24, 2.45) is 4.99 Å². The molecule has 7 heteroatoms. The van der Waals surface area contributed by atoms with Gasteiger partial charge >= 0.3 is 0 Å². The summed E-state index contributed by atoms with van der Waals surface area (Å²) in [5, 5.41) is 10.3. The number of aliphatic imine (C=N–C) groups is 1. The summed E-state index contributed by atoms with van der Waals surface area (Å²) in [7, 11) is 3.54. The number of likely N-dealkylation sites (tertiary alicyclic amines) is 1. The first-order valence-electron chi connectivity index (χ1n) is 9.81. The highest BCUT2D eigenvalue weighted by atomic mass is 16.5. The number of aromatic nitrogens is 3. The highest BCUT2D eigenvalue weighted by Crippen LogP contribution is 2.28. The molecule has 1 fully saturated rings. The summed E-state index contributed by atoms with van der Waals surface area (Å²) in [6, 6.07) is 16.7. The zero-order valence-corrected chi connectivity index (χ0v) is 16.8. The van der Waals surface area contributed by atoms with Gasteiger partial charge in [0.15, 0.2) is 11.8 Å². The standard InChI is InChI=1S/C22H26N6O/c1-23-22(24-13-16-4-3-5-18(12-16)21-25-15-26-27-21)28-11-10-19(14-28)17-6-8-20(29-2)9-7-17/h3-9,12,15,19H,10-11,13-14H2,1-2H3,(H,23,24)(H,25,26,27). The second kappa shape index (κ2) is 8.77. The molecule has 0 radical (unpaired) electrons. The van der Waals surface area contributed by atoms with Gasteiger partial charge in [-0.25, -0.2) is 4.98 Å². The molecule has 1 saturated heterocycles. The number of guanidine groups is 1. The Balaban J connectivity index is 1.37. The highest BCUT2D eigenvalue weighted by molar-refractivity contribution is 5.80. The number of ether oxygens (including phenoxy) is 1. The van der Waals surface area contributed by atoms with Crippen LogP contribution in [0.15, 0.2) is 59.9 Å². The lowest BCUT2D eigenvalue weighted by molar-refractivity contribution is 0.414. The van der Waals surface area contributed by atoms with Crippen molar-refractivity contribution in [2.75, 3.05) is 27.2 Å². The van der Waals surface area contributed by atoms with Gasteiger partial charge in [-0.2, -0.15) is 5.10 Å². The SMILES string of the molecule is CN=C(NCc1cccc(-c2ncn[nH]2)c1)N1CCC(c2ccc(OC)cc2)C1. The quantitative estimate of drug-likeness (QED) is 0.517. The van der Waals surface area contributed by atoms with E-state index in [1.807, 2.05) is 31.3 Å². The Morgan fingerprint density at radius 1 is 1.28 bits per heavy atom. The van der Waals surface area contributed by atoms with Crippen molar-refractivity contribution in [2.45, 2.75) is 18.9 Å². The van der Waals surface area contributed by atoms with Crippen molar-refractivity contribution in [3.05, 3.63) is 66.0 Å². The Hall–Kier alpha value is -3.35. The van der Waals surface area contributed by atoms with E-state index < -0.39 is 0 Å². The monoisotopic (exact) mass is 390 g/mol. The van der Waals surface area contributed by atoms with E-state index in [1.165, 1.54) is 17.5 Å². The van der Waals surface area contributed by atoms with Crippen molar-refractivity contribution in [3.63, 3.8) is 0 Å². The molecule has 1 unspecified atom stereocenters. The number of H-pyrrole nitrogens is 1. The summed E-state index contributed by atoms with van der Waals surface area (Å²) in [5.74, 6) is 3.12. The average Bonchev–Trinajstić information content (AvgIpc) is 3.47. The van der Waals surface area contributed by atoms with Gasteiger partial charge in [-0.05, 0) is 35.7 Å². The second-order valence-corrected chi connectivity index (χ2v) is 7.14. The van der Waals surface area contributed by atoms with Gasteiger partial charge < -0.3 is 15.0 Å². The predicted molar refractivity (Wildman–Crippen MR) is 114 cm³/mol. The number of aromatic amines is 1. The first-order chi connectivity index (χ1) is 14.3. The van der Waals surface area contributed by atoms with E-state index in [0.717, 1.165) is 42.6 Å². The summed E-state index contributed by atoms with van der Waals surface area (Å²) in [4.78, 5) is 11.0. The van der Waals surface area contributed by atoms with E-state index in [0.29, 0.717) is 12.5 Å². The zero-order valence-electron chi connectivity index (χ0n) is 16.8. The van der Waals surface area contributed by atoms with Crippen LogP contribution in [-0.4, -0.2) is 53.3 Å². The minimum Gasteiger partial charge on any atom is -0.497 e. The van der Waals surface area contributed by atoms with Crippen LogP contribution < -0.4 is 10.1 Å². The van der Waals surface area contributed by atoms with Crippen molar-refractivity contribution in [3.8, 4) is 17.1 Å². The minimum absolute atomic E-state index is 0.509. The number of hydrogen-bond acceptors (Lipinski definition) is 4. The van der Waals surface area contributed by atoms with Crippen LogP contribution in [0.4, 0.5) is 0 Å². The Morgan fingerprint density at radius 3 is 2.86 bits per heavy atom. The first kappa shape index (κ1) is 19.0. The highest BCUT2D eigenvalue weighted by Gasteiger charge is 2.26. The molecular weight excluding hydrogens is 364 g/mol. The summed E-state index contributed by atoms with van der Waals surface area (Å²) < 4.78 is 5.27. The van der Waals surface area contributed by atoms with Gasteiger partial charge in [0.2, 0.25) is 0 Å². The molecular formula is C22H26N6O. The lowest BCUT2D eigenvalue weighted by Gasteiger charge is -2.22. The molecule has 7 nitrogen and oxygen atoms in total. The van der Waals surface area contributed by atoms with Crippen molar-refractivity contribution in [1.82, 2.24) is 25.4 Å². The smallest absolute Gasteiger partial charge is 0.193 e. The third-order valence-corrected chi connectivity index (χ3v) is 5.35. The largest absolute Gasteiger partial charge is 0.497 e. The van der Waals surface area contributed by atoms with Crippen LogP contribution in [0, 0.1) is 0 Å². The van der Waals surface area contributed by atoms with Crippen LogP contribution in [0.5, 0.6) is 5.75 Å². The molecule has 0 bridgehead atoms. The fraction of sp³-hybridized carbons (Fsp3) is 0.318. The first-order valence-corrected chi connectivity index (χ1v) is 9.81. The molecule has 150 valence electrons. The van der Waals surface area contributed by atoms with Crippen LogP contribution in [0.2, 0.25) is 0 Å². The van der Waals surface area contributed by atoms with Gasteiger partial charge in [0.1, 0.15) is 12.1 Å². The second-order valence-electron chi connectivity index (χ2n) is 7.14. The van der Waals surface area contributed by atoms with Crippen LogP contribution in [-0.2, 0) is 6.54 Å². The third kappa shape index (κ3) is 4.39. The van der Waals surface area contributed by atoms with E-state index in [1.54, 1.807) is 7.11 Å². The maximum absolute atomic E-state index is 5.27. The van der Waals surface area contributed by atoms with Gasteiger partial charge in [0.05, 0.1) is 7.11 Å². The minimum atomic E-state index is 0.509. The van der Waals surface area contributed by atoms with E-state index in [4.69, 9.17) is 4.74 Å².